The molecular formula is C19H15F3N2O3. The first-order valence-electron chi connectivity index (χ1n) is 7.89. The molecule has 0 aliphatic rings. The molecule has 0 unspecified atom stereocenters. The molecule has 0 aliphatic heterocycles. The second-order valence-corrected chi connectivity index (χ2v) is 5.44. The highest BCUT2D eigenvalue weighted by Gasteiger charge is 2.30. The Balaban J connectivity index is 2.02. The number of hydrogen-bond donors (Lipinski definition) is 0. The number of esters is 1. The lowest BCUT2D eigenvalue weighted by Crippen LogP contribution is -2.35. The Morgan fingerprint density at radius 1 is 1.04 bits per heavy atom. The molecule has 0 fully saturated rings. The van der Waals surface area contributed by atoms with Crippen molar-refractivity contribution in [3.63, 3.8) is 0 Å². The summed E-state index contributed by atoms with van der Waals surface area (Å²) in [5, 5.41) is 8.74. The number of nitriles is 1. The number of anilines is 1. The molecule has 2 aromatic carbocycles. The Kier molecular flexibility index (Phi) is 6.55. The molecule has 0 saturated carbocycles. The molecule has 0 bridgehead atoms. The molecule has 140 valence electrons. The van der Waals surface area contributed by atoms with E-state index < -0.39 is 30.2 Å². The summed E-state index contributed by atoms with van der Waals surface area (Å²) < 4.78 is 42.5. The van der Waals surface area contributed by atoms with E-state index in [1.165, 1.54) is 4.90 Å². The molecule has 2 rings (SSSR count). The Morgan fingerprint density at radius 2 is 1.67 bits per heavy atom. The summed E-state index contributed by atoms with van der Waals surface area (Å²) in [5.41, 5.74) is -0.440. The number of alkyl halides is 3. The smallest absolute Gasteiger partial charge is 0.416 e. The largest absolute Gasteiger partial charge is 0.452 e. The van der Waals surface area contributed by atoms with Gasteiger partial charge in [-0.1, -0.05) is 18.2 Å². The fourth-order valence-electron chi connectivity index (χ4n) is 2.25. The molecule has 0 radical (unpaired) electrons. The van der Waals surface area contributed by atoms with Crippen molar-refractivity contribution >= 4 is 17.6 Å². The lowest BCUT2D eigenvalue weighted by Gasteiger charge is -2.21. The minimum Gasteiger partial charge on any atom is -0.452 e. The van der Waals surface area contributed by atoms with Gasteiger partial charge in [-0.15, -0.1) is 0 Å². The number of nitrogens with zero attached hydrogens (tertiary/aromatic N) is 2. The Morgan fingerprint density at radius 3 is 2.22 bits per heavy atom. The van der Waals surface area contributed by atoms with E-state index in [2.05, 4.69) is 0 Å². The van der Waals surface area contributed by atoms with Crippen LogP contribution >= 0.6 is 0 Å². The van der Waals surface area contributed by atoms with Crippen molar-refractivity contribution in [3.8, 4) is 6.07 Å². The summed E-state index contributed by atoms with van der Waals surface area (Å²) in [5.74, 6) is -1.46. The van der Waals surface area contributed by atoms with Gasteiger partial charge in [-0.2, -0.15) is 18.4 Å². The molecule has 2 aromatic rings. The van der Waals surface area contributed by atoms with Crippen LogP contribution in [0.3, 0.4) is 0 Å². The summed E-state index contributed by atoms with van der Waals surface area (Å²) in [6.45, 7) is -0.475. The van der Waals surface area contributed by atoms with Crippen molar-refractivity contribution in [2.75, 3.05) is 18.1 Å². The van der Waals surface area contributed by atoms with Crippen LogP contribution in [-0.4, -0.2) is 25.0 Å². The average Bonchev–Trinajstić information content (AvgIpc) is 2.66. The van der Waals surface area contributed by atoms with Crippen LogP contribution in [0.5, 0.6) is 0 Å². The predicted molar refractivity (Wildman–Crippen MR) is 90.8 cm³/mol. The van der Waals surface area contributed by atoms with Crippen LogP contribution in [0.1, 0.15) is 22.3 Å². The maximum Gasteiger partial charge on any atom is 0.416 e. The van der Waals surface area contributed by atoms with Crippen LogP contribution in [0.2, 0.25) is 0 Å². The lowest BCUT2D eigenvalue weighted by molar-refractivity contribution is -0.137. The van der Waals surface area contributed by atoms with Crippen LogP contribution < -0.4 is 4.90 Å². The van der Waals surface area contributed by atoms with Crippen molar-refractivity contribution in [2.24, 2.45) is 0 Å². The number of halogens is 3. The van der Waals surface area contributed by atoms with Crippen molar-refractivity contribution in [2.45, 2.75) is 12.6 Å². The second-order valence-electron chi connectivity index (χ2n) is 5.44. The van der Waals surface area contributed by atoms with Crippen molar-refractivity contribution in [3.05, 3.63) is 65.7 Å². The highest BCUT2D eigenvalue weighted by atomic mass is 19.4. The van der Waals surface area contributed by atoms with E-state index in [0.29, 0.717) is 5.69 Å². The molecule has 0 N–H and O–H groups in total. The highest BCUT2D eigenvalue weighted by molar-refractivity contribution is 5.97. The second kappa shape index (κ2) is 8.85. The first-order valence-corrected chi connectivity index (χ1v) is 7.89. The minimum absolute atomic E-state index is 0.0908. The first kappa shape index (κ1) is 20.0. The molecule has 5 nitrogen and oxygen atoms in total. The van der Waals surface area contributed by atoms with E-state index in [9.17, 15) is 22.8 Å². The van der Waals surface area contributed by atoms with Gasteiger partial charge in [0, 0.05) is 12.2 Å². The molecule has 0 spiro atoms. The van der Waals surface area contributed by atoms with Crippen molar-refractivity contribution in [1.29, 1.82) is 5.26 Å². The van der Waals surface area contributed by atoms with Crippen LogP contribution in [-0.2, 0) is 15.7 Å². The molecule has 0 aliphatic carbocycles. The molecule has 0 atom stereocenters. The van der Waals surface area contributed by atoms with Crippen molar-refractivity contribution < 1.29 is 27.5 Å². The Bertz CT molecular complexity index is 828. The van der Waals surface area contributed by atoms with Gasteiger partial charge in [0.1, 0.15) is 0 Å². The normalized spacial score (nSPS) is 10.7. The number of hydrogen-bond acceptors (Lipinski definition) is 4. The molecule has 8 heteroatoms. The van der Waals surface area contributed by atoms with E-state index in [-0.39, 0.29) is 18.5 Å². The molecule has 1 amide bonds. The maximum absolute atomic E-state index is 12.5. The third-order valence-corrected chi connectivity index (χ3v) is 3.59. The van der Waals surface area contributed by atoms with Gasteiger partial charge in [0.15, 0.2) is 6.61 Å². The summed E-state index contributed by atoms with van der Waals surface area (Å²) in [6.07, 6.45) is -4.41. The molecular weight excluding hydrogens is 361 g/mol. The number of amides is 1. The van der Waals surface area contributed by atoms with Crippen LogP contribution in [0.4, 0.5) is 18.9 Å². The quantitative estimate of drug-likeness (QED) is 0.719. The van der Waals surface area contributed by atoms with Gasteiger partial charge in [0.05, 0.1) is 23.6 Å². The van der Waals surface area contributed by atoms with Gasteiger partial charge in [-0.3, -0.25) is 4.79 Å². The third kappa shape index (κ3) is 5.57. The first-order chi connectivity index (χ1) is 12.8. The number of para-hydroxylation sites is 1. The number of benzene rings is 2. The zero-order valence-electron chi connectivity index (χ0n) is 14.1. The van der Waals surface area contributed by atoms with Gasteiger partial charge >= 0.3 is 12.1 Å². The van der Waals surface area contributed by atoms with Gasteiger partial charge in [-0.05, 0) is 36.4 Å². The molecule has 27 heavy (non-hydrogen) atoms. The minimum atomic E-state index is -4.50. The van der Waals surface area contributed by atoms with E-state index in [0.717, 1.165) is 24.3 Å². The number of ether oxygens (including phenoxy) is 1. The zero-order valence-corrected chi connectivity index (χ0v) is 14.1. The average molecular weight is 376 g/mol. The van der Waals surface area contributed by atoms with Crippen LogP contribution in [0.15, 0.2) is 54.6 Å². The summed E-state index contributed by atoms with van der Waals surface area (Å²) in [6, 6.07) is 14.0. The topological polar surface area (TPSA) is 70.4 Å². The summed E-state index contributed by atoms with van der Waals surface area (Å²) in [4.78, 5) is 25.6. The predicted octanol–water partition coefficient (Wildman–Crippen LogP) is 3.81. The van der Waals surface area contributed by atoms with Gasteiger partial charge in [0.2, 0.25) is 0 Å². The number of carbonyl (C=O) groups is 2. The van der Waals surface area contributed by atoms with Gasteiger partial charge in [0.25, 0.3) is 5.91 Å². The monoisotopic (exact) mass is 376 g/mol. The summed E-state index contributed by atoms with van der Waals surface area (Å²) >= 11 is 0. The summed E-state index contributed by atoms with van der Waals surface area (Å²) in [7, 11) is 0. The fourth-order valence-corrected chi connectivity index (χ4v) is 2.25. The van der Waals surface area contributed by atoms with E-state index >= 15 is 0 Å². The zero-order chi connectivity index (χ0) is 19.9. The standard InChI is InChI=1S/C19H15F3N2O3/c20-19(21,22)15-9-7-14(8-10-15)18(26)27-13-17(25)24(12-4-11-23)16-5-2-1-3-6-16/h1-3,5-10H,4,12-13H2. The van der Waals surface area contributed by atoms with E-state index in [1.54, 1.807) is 30.3 Å². The Hall–Kier alpha value is -3.34. The Labute approximate surface area is 153 Å². The molecule has 0 saturated heterocycles. The number of carbonyl (C=O) groups excluding carboxylic acids is 2. The van der Waals surface area contributed by atoms with Crippen LogP contribution in [0.25, 0.3) is 0 Å². The molecule has 0 aromatic heterocycles. The lowest BCUT2D eigenvalue weighted by atomic mass is 10.1. The van der Waals surface area contributed by atoms with Gasteiger partial charge < -0.3 is 9.64 Å². The van der Waals surface area contributed by atoms with Crippen molar-refractivity contribution in [1.82, 2.24) is 0 Å². The SMILES string of the molecule is N#CCCN(C(=O)COC(=O)c1ccc(C(F)(F)F)cc1)c1ccccc1. The van der Waals surface area contributed by atoms with Gasteiger partial charge in [-0.25, -0.2) is 4.79 Å². The molecule has 0 heterocycles. The van der Waals surface area contributed by atoms with E-state index in [1.807, 2.05) is 6.07 Å². The highest BCUT2D eigenvalue weighted by Crippen LogP contribution is 2.29. The third-order valence-electron chi connectivity index (χ3n) is 3.59. The van der Waals surface area contributed by atoms with E-state index in [4.69, 9.17) is 10.00 Å². The maximum atomic E-state index is 12.5. The van der Waals surface area contributed by atoms with Crippen LogP contribution in [0, 0.1) is 11.3 Å². The fraction of sp³-hybridized carbons (Fsp3) is 0.211. The number of rotatable bonds is 6.